The number of nitrogens with zero attached hydrogens (tertiary/aromatic N) is 2. The normalized spacial score (nSPS) is 18.6. The molecule has 0 atom stereocenters. The Balaban J connectivity index is 2.12. The van der Waals surface area contributed by atoms with E-state index in [1.807, 2.05) is 6.92 Å². The van der Waals surface area contributed by atoms with Crippen molar-refractivity contribution in [1.29, 1.82) is 0 Å². The molecule has 1 aliphatic rings. The van der Waals surface area contributed by atoms with Crippen LogP contribution in [0.25, 0.3) is 0 Å². The van der Waals surface area contributed by atoms with Crippen molar-refractivity contribution in [3.05, 3.63) is 34.6 Å². The lowest BCUT2D eigenvalue weighted by Gasteiger charge is -2.38. The summed E-state index contributed by atoms with van der Waals surface area (Å²) in [5.74, 6) is -0.936. The van der Waals surface area contributed by atoms with Crippen molar-refractivity contribution >= 4 is 23.3 Å². The number of halogens is 2. The zero-order valence-electron chi connectivity index (χ0n) is 11.6. The van der Waals surface area contributed by atoms with E-state index in [1.165, 1.54) is 12.1 Å². The van der Waals surface area contributed by atoms with Gasteiger partial charge in [-0.2, -0.15) is 0 Å². The van der Waals surface area contributed by atoms with Crippen molar-refractivity contribution in [3.8, 4) is 0 Å². The fourth-order valence-corrected chi connectivity index (χ4v) is 2.59. The molecule has 21 heavy (non-hydrogen) atoms. The van der Waals surface area contributed by atoms with Crippen molar-refractivity contribution in [3.63, 3.8) is 0 Å². The number of carbonyl (C=O) groups is 1. The average molecular weight is 314 g/mol. The van der Waals surface area contributed by atoms with Gasteiger partial charge in [-0.05, 0) is 25.0 Å². The molecule has 0 unspecified atom stereocenters. The predicted molar refractivity (Wildman–Crippen MR) is 78.1 cm³/mol. The molecule has 1 heterocycles. The van der Waals surface area contributed by atoms with Gasteiger partial charge in [0.05, 0.1) is 10.6 Å². The van der Waals surface area contributed by atoms with Crippen molar-refractivity contribution in [2.75, 3.05) is 13.1 Å². The SMILES string of the molecule is CC1(/C(N)=N/O)CCN(C(=O)c2cccc(Cl)c2F)CC1. The van der Waals surface area contributed by atoms with E-state index in [-0.39, 0.29) is 16.4 Å². The van der Waals surface area contributed by atoms with Crippen LogP contribution in [-0.2, 0) is 0 Å². The molecule has 0 radical (unpaired) electrons. The van der Waals surface area contributed by atoms with Crippen LogP contribution in [0.15, 0.2) is 23.4 Å². The van der Waals surface area contributed by atoms with Crippen molar-refractivity contribution < 1.29 is 14.4 Å². The Hall–Kier alpha value is -1.82. The lowest BCUT2D eigenvalue weighted by molar-refractivity contribution is 0.0662. The van der Waals surface area contributed by atoms with Crippen LogP contribution in [0.4, 0.5) is 4.39 Å². The number of amides is 1. The van der Waals surface area contributed by atoms with Gasteiger partial charge in [0.15, 0.2) is 5.82 Å². The fourth-order valence-electron chi connectivity index (χ4n) is 2.42. The predicted octanol–water partition coefficient (Wildman–Crippen LogP) is 2.47. The molecule has 0 spiro atoms. The number of carbonyl (C=O) groups excluding carboxylic acids is 1. The second-order valence-corrected chi connectivity index (χ2v) is 5.85. The summed E-state index contributed by atoms with van der Waals surface area (Å²) in [7, 11) is 0. The number of piperidine rings is 1. The lowest BCUT2D eigenvalue weighted by atomic mass is 9.79. The standard InChI is InChI=1S/C14H17ClFN3O2/c1-14(13(17)18-21)5-7-19(8-6-14)12(20)9-3-2-4-10(15)11(9)16/h2-4,21H,5-8H2,1H3,(H2,17,18). The van der Waals surface area contributed by atoms with Crippen LogP contribution in [0.5, 0.6) is 0 Å². The summed E-state index contributed by atoms with van der Waals surface area (Å²) in [5, 5.41) is 11.8. The molecule has 1 fully saturated rings. The fraction of sp³-hybridized carbons (Fsp3) is 0.429. The first-order valence-corrected chi connectivity index (χ1v) is 6.98. The summed E-state index contributed by atoms with van der Waals surface area (Å²) in [5.41, 5.74) is 5.20. The van der Waals surface area contributed by atoms with Crippen LogP contribution in [-0.4, -0.2) is 34.9 Å². The summed E-state index contributed by atoms with van der Waals surface area (Å²) < 4.78 is 13.9. The zero-order valence-corrected chi connectivity index (χ0v) is 12.4. The third-order valence-electron chi connectivity index (χ3n) is 4.06. The summed E-state index contributed by atoms with van der Waals surface area (Å²) in [6.45, 7) is 2.71. The molecular formula is C14H17ClFN3O2. The second kappa shape index (κ2) is 5.89. The van der Waals surface area contributed by atoms with Gasteiger partial charge in [-0.25, -0.2) is 4.39 Å². The second-order valence-electron chi connectivity index (χ2n) is 5.44. The van der Waals surface area contributed by atoms with Gasteiger partial charge in [0.2, 0.25) is 0 Å². The van der Waals surface area contributed by atoms with E-state index in [1.54, 1.807) is 11.0 Å². The summed E-state index contributed by atoms with van der Waals surface area (Å²) in [6.07, 6.45) is 1.10. The number of likely N-dealkylation sites (tertiary alicyclic amines) is 1. The van der Waals surface area contributed by atoms with Gasteiger partial charge in [-0.15, -0.1) is 0 Å². The molecule has 114 valence electrons. The van der Waals surface area contributed by atoms with Gasteiger partial charge in [0.25, 0.3) is 5.91 Å². The highest BCUT2D eigenvalue weighted by atomic mass is 35.5. The quantitative estimate of drug-likeness (QED) is 0.381. The van der Waals surface area contributed by atoms with Gasteiger partial charge in [0, 0.05) is 18.5 Å². The van der Waals surface area contributed by atoms with Crippen LogP contribution in [0.1, 0.15) is 30.1 Å². The van der Waals surface area contributed by atoms with Crippen molar-refractivity contribution in [1.82, 2.24) is 4.90 Å². The molecular weight excluding hydrogens is 297 g/mol. The molecule has 2 rings (SSSR count). The van der Waals surface area contributed by atoms with Gasteiger partial charge >= 0.3 is 0 Å². The van der Waals surface area contributed by atoms with Crippen LogP contribution in [0, 0.1) is 11.2 Å². The minimum absolute atomic E-state index is 0.0325. The maximum atomic E-state index is 13.9. The first-order valence-electron chi connectivity index (χ1n) is 6.60. The number of rotatable bonds is 2. The van der Waals surface area contributed by atoms with E-state index in [4.69, 9.17) is 22.5 Å². The van der Waals surface area contributed by atoms with E-state index in [2.05, 4.69) is 5.16 Å². The molecule has 0 bridgehead atoms. The highest BCUT2D eigenvalue weighted by Gasteiger charge is 2.36. The molecule has 0 saturated carbocycles. The third-order valence-corrected chi connectivity index (χ3v) is 4.35. The van der Waals surface area contributed by atoms with Gasteiger partial charge < -0.3 is 15.8 Å². The number of hydrogen-bond donors (Lipinski definition) is 2. The van der Waals surface area contributed by atoms with E-state index in [0.29, 0.717) is 25.9 Å². The van der Waals surface area contributed by atoms with E-state index < -0.39 is 17.1 Å². The number of oxime groups is 1. The van der Waals surface area contributed by atoms with E-state index in [0.717, 1.165) is 0 Å². The lowest BCUT2D eigenvalue weighted by Crippen LogP contribution is -2.47. The zero-order chi connectivity index (χ0) is 15.6. The summed E-state index contributed by atoms with van der Waals surface area (Å²) >= 11 is 5.70. The molecule has 5 nitrogen and oxygen atoms in total. The average Bonchev–Trinajstić information content (AvgIpc) is 2.49. The number of hydrogen-bond acceptors (Lipinski definition) is 3. The molecule has 1 aromatic rings. The Morgan fingerprint density at radius 3 is 2.67 bits per heavy atom. The smallest absolute Gasteiger partial charge is 0.256 e. The van der Waals surface area contributed by atoms with Gasteiger partial charge in [0.1, 0.15) is 5.84 Å². The maximum Gasteiger partial charge on any atom is 0.256 e. The molecule has 1 amide bonds. The first-order chi connectivity index (χ1) is 9.89. The molecule has 3 N–H and O–H groups in total. The largest absolute Gasteiger partial charge is 0.409 e. The molecule has 1 aliphatic heterocycles. The van der Waals surface area contributed by atoms with Crippen LogP contribution in [0.3, 0.4) is 0 Å². The van der Waals surface area contributed by atoms with Crippen LogP contribution in [0.2, 0.25) is 5.02 Å². The molecule has 1 aromatic carbocycles. The Labute approximate surface area is 127 Å². The molecule has 0 aliphatic carbocycles. The van der Waals surface area contributed by atoms with Gasteiger partial charge in [-0.3, -0.25) is 4.79 Å². The van der Waals surface area contributed by atoms with E-state index in [9.17, 15) is 9.18 Å². The van der Waals surface area contributed by atoms with Crippen LogP contribution < -0.4 is 5.73 Å². The Morgan fingerprint density at radius 2 is 2.10 bits per heavy atom. The van der Waals surface area contributed by atoms with Crippen LogP contribution >= 0.6 is 11.6 Å². The summed E-state index contributed by atoms with van der Waals surface area (Å²) in [4.78, 5) is 13.9. The van der Waals surface area contributed by atoms with E-state index >= 15 is 0 Å². The number of nitrogens with two attached hydrogens (primary N) is 1. The number of benzene rings is 1. The highest BCUT2D eigenvalue weighted by Crippen LogP contribution is 2.32. The third kappa shape index (κ3) is 2.95. The number of amidine groups is 1. The molecule has 0 aromatic heterocycles. The van der Waals surface area contributed by atoms with Crippen molar-refractivity contribution in [2.24, 2.45) is 16.3 Å². The monoisotopic (exact) mass is 313 g/mol. The minimum atomic E-state index is -0.700. The topological polar surface area (TPSA) is 78.9 Å². The summed E-state index contributed by atoms with van der Waals surface area (Å²) in [6, 6.07) is 4.36. The van der Waals surface area contributed by atoms with Gasteiger partial charge in [-0.1, -0.05) is 29.7 Å². The molecule has 1 saturated heterocycles. The molecule has 7 heteroatoms. The highest BCUT2D eigenvalue weighted by molar-refractivity contribution is 6.31. The first kappa shape index (κ1) is 15.6. The maximum absolute atomic E-state index is 13.9. The Bertz CT molecular complexity index is 584. The van der Waals surface area contributed by atoms with Crippen molar-refractivity contribution in [2.45, 2.75) is 19.8 Å². The minimum Gasteiger partial charge on any atom is -0.409 e. The Kier molecular flexibility index (Phi) is 4.37. The Morgan fingerprint density at radius 1 is 1.48 bits per heavy atom.